The molecular weight excluding hydrogens is 431 g/mol. The van der Waals surface area contributed by atoms with Crippen LogP contribution >= 0.6 is 11.3 Å². The van der Waals surface area contributed by atoms with E-state index in [4.69, 9.17) is 0 Å². The molecule has 160 valence electrons. The minimum atomic E-state index is -0.752. The predicted octanol–water partition coefficient (Wildman–Crippen LogP) is 4.58. The van der Waals surface area contributed by atoms with Gasteiger partial charge in [-0.05, 0) is 43.2 Å². The van der Waals surface area contributed by atoms with Gasteiger partial charge in [0, 0.05) is 18.3 Å². The Bertz CT molecular complexity index is 1140. The molecule has 1 unspecified atom stereocenters. The lowest BCUT2D eigenvalue weighted by atomic mass is 10.2. The topological polar surface area (TPSA) is 87.2 Å². The molecule has 0 saturated carbocycles. The van der Waals surface area contributed by atoms with E-state index in [0.717, 1.165) is 29.5 Å². The Labute approximate surface area is 178 Å². The molecule has 0 radical (unpaired) electrons. The van der Waals surface area contributed by atoms with Crippen LogP contribution in [0.15, 0.2) is 42.5 Å². The third-order valence-electron chi connectivity index (χ3n) is 4.69. The number of nitrogens with zero attached hydrogens (tertiary/aromatic N) is 3. The first-order valence-corrected chi connectivity index (χ1v) is 10.2. The standard InChI is InChI=1S/C20H16F3N5O2S/c21-11-3-1-4-13(9-11)24-17(29)19-27-26-18(31-19)16-5-2-8-28(16)20(30)25-15-10-12(22)6-7-14(15)23/h1,3-4,6-7,9-10,16H,2,5,8H2,(H,24,29)(H,25,30). The summed E-state index contributed by atoms with van der Waals surface area (Å²) in [6, 6.07) is 7.17. The highest BCUT2D eigenvalue weighted by Gasteiger charge is 2.33. The van der Waals surface area contributed by atoms with Crippen molar-refractivity contribution in [3.63, 3.8) is 0 Å². The number of hydrogen-bond donors (Lipinski definition) is 2. The zero-order valence-electron chi connectivity index (χ0n) is 15.9. The molecular formula is C20H16F3N5O2S. The number of urea groups is 1. The van der Waals surface area contributed by atoms with Crippen LogP contribution in [-0.2, 0) is 0 Å². The molecule has 7 nitrogen and oxygen atoms in total. The van der Waals surface area contributed by atoms with E-state index in [-0.39, 0.29) is 16.4 Å². The van der Waals surface area contributed by atoms with E-state index in [2.05, 4.69) is 20.8 Å². The molecule has 1 aliphatic heterocycles. The van der Waals surface area contributed by atoms with Crippen LogP contribution in [0.2, 0.25) is 0 Å². The number of carbonyl (C=O) groups excluding carboxylic acids is 2. The van der Waals surface area contributed by atoms with E-state index in [1.54, 1.807) is 0 Å². The molecule has 1 aromatic heterocycles. The molecule has 1 atom stereocenters. The molecule has 2 N–H and O–H groups in total. The summed E-state index contributed by atoms with van der Waals surface area (Å²) in [7, 11) is 0. The second kappa shape index (κ2) is 8.72. The lowest BCUT2D eigenvalue weighted by Gasteiger charge is -2.23. The summed E-state index contributed by atoms with van der Waals surface area (Å²) in [5.41, 5.74) is 0.0174. The van der Waals surface area contributed by atoms with Crippen molar-refractivity contribution in [1.29, 1.82) is 0 Å². The van der Waals surface area contributed by atoms with Crippen molar-refractivity contribution in [2.45, 2.75) is 18.9 Å². The number of benzene rings is 2. The summed E-state index contributed by atoms with van der Waals surface area (Å²) in [4.78, 5) is 26.5. The Hall–Kier alpha value is -3.47. The molecule has 1 aliphatic rings. The number of amides is 3. The van der Waals surface area contributed by atoms with Gasteiger partial charge >= 0.3 is 6.03 Å². The number of rotatable bonds is 4. The quantitative estimate of drug-likeness (QED) is 0.613. The lowest BCUT2D eigenvalue weighted by molar-refractivity contribution is 0.102. The molecule has 0 spiro atoms. The fourth-order valence-corrected chi connectivity index (χ4v) is 4.14. The van der Waals surface area contributed by atoms with E-state index in [1.807, 2.05) is 0 Å². The van der Waals surface area contributed by atoms with Crippen molar-refractivity contribution in [2.75, 3.05) is 17.2 Å². The summed E-state index contributed by atoms with van der Waals surface area (Å²) in [6.07, 6.45) is 1.26. The van der Waals surface area contributed by atoms with E-state index in [9.17, 15) is 22.8 Å². The van der Waals surface area contributed by atoms with Gasteiger partial charge in [0.1, 0.15) is 22.5 Å². The summed E-state index contributed by atoms with van der Waals surface area (Å²) >= 11 is 1.01. The van der Waals surface area contributed by atoms with Crippen LogP contribution in [0, 0.1) is 17.5 Å². The van der Waals surface area contributed by atoms with Gasteiger partial charge < -0.3 is 15.5 Å². The monoisotopic (exact) mass is 447 g/mol. The van der Waals surface area contributed by atoms with Crippen LogP contribution in [0.25, 0.3) is 0 Å². The predicted molar refractivity (Wildman–Crippen MR) is 108 cm³/mol. The third-order valence-corrected chi connectivity index (χ3v) is 5.71. The Morgan fingerprint density at radius 1 is 1.03 bits per heavy atom. The summed E-state index contributed by atoms with van der Waals surface area (Å²) in [6.45, 7) is 0.387. The van der Waals surface area contributed by atoms with Crippen LogP contribution < -0.4 is 10.6 Å². The number of anilines is 2. The molecule has 3 amide bonds. The molecule has 1 fully saturated rings. The minimum absolute atomic E-state index is 0.0581. The third kappa shape index (κ3) is 4.66. The van der Waals surface area contributed by atoms with Gasteiger partial charge in [0.25, 0.3) is 5.91 Å². The van der Waals surface area contributed by atoms with Gasteiger partial charge in [-0.3, -0.25) is 4.79 Å². The number of likely N-dealkylation sites (tertiary alicyclic amines) is 1. The highest BCUT2D eigenvalue weighted by atomic mass is 32.1. The molecule has 0 aliphatic carbocycles. The molecule has 0 bridgehead atoms. The summed E-state index contributed by atoms with van der Waals surface area (Å²) < 4.78 is 40.5. The Morgan fingerprint density at radius 2 is 1.84 bits per heavy atom. The van der Waals surface area contributed by atoms with Crippen molar-refractivity contribution >= 4 is 34.6 Å². The molecule has 4 rings (SSSR count). The van der Waals surface area contributed by atoms with E-state index in [0.29, 0.717) is 24.4 Å². The molecule has 31 heavy (non-hydrogen) atoms. The SMILES string of the molecule is O=C(Nc1cccc(F)c1)c1nnc(C2CCCN2C(=O)Nc2cc(F)ccc2F)s1. The lowest BCUT2D eigenvalue weighted by Crippen LogP contribution is -2.34. The van der Waals surface area contributed by atoms with E-state index < -0.39 is 35.4 Å². The van der Waals surface area contributed by atoms with Crippen molar-refractivity contribution in [1.82, 2.24) is 15.1 Å². The highest BCUT2D eigenvalue weighted by Crippen LogP contribution is 2.34. The minimum Gasteiger partial charge on any atom is -0.320 e. The summed E-state index contributed by atoms with van der Waals surface area (Å²) in [5.74, 6) is -2.46. The zero-order chi connectivity index (χ0) is 22.0. The van der Waals surface area contributed by atoms with Gasteiger partial charge in [0.05, 0.1) is 11.7 Å². The normalized spacial score (nSPS) is 15.7. The first kappa shape index (κ1) is 20.8. The van der Waals surface area contributed by atoms with Gasteiger partial charge in [-0.1, -0.05) is 17.4 Å². The highest BCUT2D eigenvalue weighted by molar-refractivity contribution is 7.13. The van der Waals surface area contributed by atoms with Gasteiger partial charge in [-0.15, -0.1) is 10.2 Å². The van der Waals surface area contributed by atoms with Crippen molar-refractivity contribution in [3.8, 4) is 0 Å². The molecule has 3 aromatic rings. The van der Waals surface area contributed by atoms with Crippen molar-refractivity contribution in [3.05, 3.63) is 69.9 Å². The van der Waals surface area contributed by atoms with Crippen LogP contribution in [-0.4, -0.2) is 33.6 Å². The molecule has 2 heterocycles. The Morgan fingerprint density at radius 3 is 2.65 bits per heavy atom. The second-order valence-corrected chi connectivity index (χ2v) is 7.82. The summed E-state index contributed by atoms with van der Waals surface area (Å²) in [5, 5.41) is 13.3. The first-order chi connectivity index (χ1) is 14.9. The van der Waals surface area contributed by atoms with Crippen molar-refractivity contribution < 1.29 is 22.8 Å². The largest absolute Gasteiger partial charge is 0.322 e. The van der Waals surface area contributed by atoms with Crippen LogP contribution in [0.3, 0.4) is 0 Å². The maximum atomic E-state index is 13.8. The van der Waals surface area contributed by atoms with E-state index >= 15 is 0 Å². The maximum Gasteiger partial charge on any atom is 0.322 e. The molecule has 2 aromatic carbocycles. The van der Waals surface area contributed by atoms with Gasteiger partial charge in [0.2, 0.25) is 5.01 Å². The van der Waals surface area contributed by atoms with Crippen LogP contribution in [0.5, 0.6) is 0 Å². The average Bonchev–Trinajstić information content (AvgIpc) is 3.40. The smallest absolute Gasteiger partial charge is 0.320 e. The number of halogens is 3. The second-order valence-electron chi connectivity index (χ2n) is 6.82. The number of carbonyl (C=O) groups is 2. The maximum absolute atomic E-state index is 13.8. The Kier molecular flexibility index (Phi) is 5.85. The van der Waals surface area contributed by atoms with Gasteiger partial charge in [0.15, 0.2) is 0 Å². The fourth-order valence-electron chi connectivity index (χ4n) is 3.26. The van der Waals surface area contributed by atoms with Crippen LogP contribution in [0.4, 0.5) is 29.3 Å². The fraction of sp³-hybridized carbons (Fsp3) is 0.200. The van der Waals surface area contributed by atoms with Crippen LogP contribution in [0.1, 0.15) is 33.7 Å². The van der Waals surface area contributed by atoms with Gasteiger partial charge in [-0.25, -0.2) is 18.0 Å². The average molecular weight is 447 g/mol. The molecule has 1 saturated heterocycles. The first-order valence-electron chi connectivity index (χ1n) is 9.34. The molecule has 11 heteroatoms. The van der Waals surface area contributed by atoms with E-state index in [1.165, 1.54) is 29.2 Å². The van der Waals surface area contributed by atoms with Crippen molar-refractivity contribution in [2.24, 2.45) is 0 Å². The number of hydrogen-bond acceptors (Lipinski definition) is 5. The number of nitrogens with one attached hydrogen (secondary N) is 2. The number of aromatic nitrogens is 2. The zero-order valence-corrected chi connectivity index (χ0v) is 16.8. The Balaban J connectivity index is 1.46. The van der Waals surface area contributed by atoms with Gasteiger partial charge in [-0.2, -0.15) is 0 Å².